The molecule has 0 radical (unpaired) electrons. The van der Waals surface area contributed by atoms with Crippen molar-refractivity contribution in [3.63, 3.8) is 0 Å². The molecule has 4 rings (SSSR count). The number of halogens is 1. The number of benzene rings is 2. The van der Waals surface area contributed by atoms with E-state index in [4.69, 9.17) is 21.1 Å². The highest BCUT2D eigenvalue weighted by atomic mass is 35.5. The van der Waals surface area contributed by atoms with Crippen molar-refractivity contribution < 1.29 is 4.42 Å². The van der Waals surface area contributed by atoms with Gasteiger partial charge in [-0.05, 0) is 42.8 Å². The van der Waals surface area contributed by atoms with E-state index >= 15 is 0 Å². The van der Waals surface area contributed by atoms with Crippen molar-refractivity contribution in [1.29, 1.82) is 0 Å². The van der Waals surface area contributed by atoms with Crippen molar-refractivity contribution in [2.24, 2.45) is 5.10 Å². The first-order valence-electron chi connectivity index (χ1n) is 8.92. The van der Waals surface area contributed by atoms with Gasteiger partial charge in [-0.25, -0.2) is 4.68 Å². The van der Waals surface area contributed by atoms with Crippen LogP contribution in [-0.4, -0.2) is 16.0 Å². The molecule has 5 nitrogen and oxygen atoms in total. The van der Waals surface area contributed by atoms with E-state index in [2.05, 4.69) is 10.5 Å². The average Bonchev–Trinajstić information content (AvgIpc) is 3.33. The minimum Gasteiger partial charge on any atom is -0.460 e. The zero-order chi connectivity index (χ0) is 19.3. The van der Waals surface area contributed by atoms with Crippen LogP contribution in [0, 0.1) is 6.92 Å². The molecule has 2 aromatic heterocycles. The fourth-order valence-electron chi connectivity index (χ4n) is 2.84. The number of para-hydroxylation sites is 1. The number of hydrogen-bond donors (Lipinski definition) is 1. The molecule has 0 fully saturated rings. The van der Waals surface area contributed by atoms with Crippen molar-refractivity contribution in [1.82, 2.24) is 15.2 Å². The number of aryl methyl sites for hydroxylation is 1. The summed E-state index contributed by atoms with van der Waals surface area (Å²) in [5.74, 6) is 1.55. The van der Waals surface area contributed by atoms with E-state index < -0.39 is 0 Å². The molecule has 0 aliphatic heterocycles. The van der Waals surface area contributed by atoms with Gasteiger partial charge in [0.05, 0.1) is 18.4 Å². The van der Waals surface area contributed by atoms with E-state index in [9.17, 15) is 0 Å². The molecule has 140 valence electrons. The third-order valence-corrected chi connectivity index (χ3v) is 4.63. The summed E-state index contributed by atoms with van der Waals surface area (Å²) in [7, 11) is 0. The molecule has 0 aliphatic carbocycles. The third kappa shape index (κ3) is 4.00. The van der Waals surface area contributed by atoms with Crippen LogP contribution in [0.3, 0.4) is 0 Å². The molecule has 28 heavy (non-hydrogen) atoms. The minimum atomic E-state index is 0.540. The zero-order valence-electron chi connectivity index (χ0n) is 15.3. The van der Waals surface area contributed by atoms with Crippen LogP contribution in [0.25, 0.3) is 17.1 Å². The molecule has 0 spiro atoms. The molecular formula is C22H19ClN4O. The second-order valence-corrected chi connectivity index (χ2v) is 6.72. The quantitative estimate of drug-likeness (QED) is 0.363. The number of aromatic nitrogens is 2. The molecule has 0 amide bonds. The zero-order valence-corrected chi connectivity index (χ0v) is 16.1. The molecule has 0 saturated heterocycles. The predicted molar refractivity (Wildman–Crippen MR) is 112 cm³/mol. The number of rotatable bonds is 6. The van der Waals surface area contributed by atoms with Crippen molar-refractivity contribution in [3.8, 4) is 17.1 Å². The fraction of sp³-hybridized carbons (Fsp3) is 0.0909. The van der Waals surface area contributed by atoms with Crippen LogP contribution in [0.5, 0.6) is 0 Å². The Bertz CT molecular complexity index is 1100. The predicted octanol–water partition coefficient (Wildman–Crippen LogP) is 5.22. The Kier molecular flexibility index (Phi) is 5.26. The monoisotopic (exact) mass is 390 g/mol. The maximum atomic E-state index is 6.18. The SMILES string of the molecule is Cc1ccc(-c2nn(-c3ccccc3)cc2/C=N\NCc2ccccc2Cl)o1. The highest BCUT2D eigenvalue weighted by Gasteiger charge is 2.14. The van der Waals surface area contributed by atoms with E-state index in [1.165, 1.54) is 0 Å². The number of hydrogen-bond acceptors (Lipinski definition) is 4. The Balaban J connectivity index is 1.59. The highest BCUT2D eigenvalue weighted by molar-refractivity contribution is 6.31. The van der Waals surface area contributed by atoms with E-state index in [1.54, 1.807) is 6.21 Å². The molecule has 0 atom stereocenters. The summed E-state index contributed by atoms with van der Waals surface area (Å²) in [6.45, 7) is 2.45. The number of furan rings is 1. The van der Waals surface area contributed by atoms with Crippen LogP contribution >= 0.6 is 11.6 Å². The van der Waals surface area contributed by atoms with Gasteiger partial charge in [0.1, 0.15) is 11.5 Å². The molecule has 0 bridgehead atoms. The lowest BCUT2D eigenvalue weighted by Gasteiger charge is -2.02. The maximum Gasteiger partial charge on any atom is 0.155 e. The first-order valence-corrected chi connectivity index (χ1v) is 9.30. The molecule has 6 heteroatoms. The van der Waals surface area contributed by atoms with E-state index in [1.807, 2.05) is 84.5 Å². The van der Waals surface area contributed by atoms with E-state index in [-0.39, 0.29) is 0 Å². The summed E-state index contributed by atoms with van der Waals surface area (Å²) < 4.78 is 7.60. The van der Waals surface area contributed by atoms with Crippen LogP contribution in [0.1, 0.15) is 16.9 Å². The normalized spacial score (nSPS) is 11.2. The molecular weight excluding hydrogens is 372 g/mol. The molecule has 2 heterocycles. The molecule has 0 saturated carbocycles. The number of hydrazone groups is 1. The molecule has 0 aliphatic rings. The van der Waals surface area contributed by atoms with Crippen molar-refractivity contribution in [2.75, 3.05) is 0 Å². The molecule has 1 N–H and O–H groups in total. The fourth-order valence-corrected chi connectivity index (χ4v) is 3.04. The van der Waals surface area contributed by atoms with Gasteiger partial charge in [0, 0.05) is 16.8 Å². The summed E-state index contributed by atoms with van der Waals surface area (Å²) in [6.07, 6.45) is 3.68. The van der Waals surface area contributed by atoms with Crippen LogP contribution in [0.15, 0.2) is 82.4 Å². The van der Waals surface area contributed by atoms with E-state index in [0.29, 0.717) is 17.3 Å². The van der Waals surface area contributed by atoms with Crippen molar-refractivity contribution >= 4 is 17.8 Å². The summed E-state index contributed by atoms with van der Waals surface area (Å²) in [4.78, 5) is 0. The van der Waals surface area contributed by atoms with Gasteiger partial charge in [-0.1, -0.05) is 48.0 Å². The van der Waals surface area contributed by atoms with Crippen LogP contribution in [0.4, 0.5) is 0 Å². The second kappa shape index (κ2) is 8.15. The summed E-state index contributed by atoms with van der Waals surface area (Å²) in [6, 6.07) is 21.5. The largest absolute Gasteiger partial charge is 0.460 e. The minimum absolute atomic E-state index is 0.540. The van der Waals surface area contributed by atoms with E-state index in [0.717, 1.165) is 28.3 Å². The smallest absolute Gasteiger partial charge is 0.155 e. The topological polar surface area (TPSA) is 55.4 Å². The molecule has 2 aromatic carbocycles. The summed E-state index contributed by atoms with van der Waals surface area (Å²) in [5.41, 5.74) is 6.59. The Labute approximate surface area is 168 Å². The van der Waals surface area contributed by atoms with Gasteiger partial charge in [0.2, 0.25) is 0 Å². The third-order valence-electron chi connectivity index (χ3n) is 4.26. The van der Waals surface area contributed by atoms with Crippen LogP contribution < -0.4 is 5.43 Å². The van der Waals surface area contributed by atoms with Gasteiger partial charge >= 0.3 is 0 Å². The van der Waals surface area contributed by atoms with Gasteiger partial charge in [-0.15, -0.1) is 0 Å². The Morgan fingerprint density at radius 1 is 1.07 bits per heavy atom. The average molecular weight is 391 g/mol. The number of nitrogens with one attached hydrogen (secondary N) is 1. The van der Waals surface area contributed by atoms with Gasteiger partial charge in [0.15, 0.2) is 5.76 Å². The summed E-state index contributed by atoms with van der Waals surface area (Å²) in [5, 5.41) is 9.76. The van der Waals surface area contributed by atoms with Gasteiger partial charge in [-0.2, -0.15) is 10.2 Å². The number of nitrogens with zero attached hydrogens (tertiary/aromatic N) is 3. The second-order valence-electron chi connectivity index (χ2n) is 6.31. The Morgan fingerprint density at radius 2 is 1.86 bits per heavy atom. The summed E-state index contributed by atoms with van der Waals surface area (Å²) >= 11 is 6.18. The van der Waals surface area contributed by atoms with Gasteiger partial charge < -0.3 is 9.84 Å². The van der Waals surface area contributed by atoms with Gasteiger partial charge in [0.25, 0.3) is 0 Å². The van der Waals surface area contributed by atoms with Crippen molar-refractivity contribution in [2.45, 2.75) is 13.5 Å². The lowest BCUT2D eigenvalue weighted by molar-refractivity contribution is 0.545. The Hall–Kier alpha value is -3.31. The van der Waals surface area contributed by atoms with Crippen LogP contribution in [0.2, 0.25) is 5.02 Å². The maximum absolute atomic E-state index is 6.18. The standard InChI is InChI=1S/C22H19ClN4O/c1-16-11-12-21(28-16)22-18(15-27(26-22)19-8-3-2-4-9-19)14-25-24-13-17-7-5-6-10-20(17)23/h2-12,14-15,24H,13H2,1H3/b25-14-. The van der Waals surface area contributed by atoms with Crippen LogP contribution in [-0.2, 0) is 6.54 Å². The molecule has 4 aromatic rings. The van der Waals surface area contributed by atoms with Gasteiger partial charge in [-0.3, -0.25) is 0 Å². The van der Waals surface area contributed by atoms with Crippen molar-refractivity contribution in [3.05, 3.63) is 94.8 Å². The Morgan fingerprint density at radius 3 is 2.61 bits per heavy atom. The first-order chi connectivity index (χ1) is 13.7. The lowest BCUT2D eigenvalue weighted by Crippen LogP contribution is -2.06. The molecule has 0 unspecified atom stereocenters. The first kappa shape index (κ1) is 18.1. The highest BCUT2D eigenvalue weighted by Crippen LogP contribution is 2.24. The lowest BCUT2D eigenvalue weighted by atomic mass is 10.2.